The average Bonchev–Trinajstić information content (AvgIpc) is 3.23. The summed E-state index contributed by atoms with van der Waals surface area (Å²) >= 11 is 1.39. The van der Waals surface area contributed by atoms with Gasteiger partial charge in [-0.1, -0.05) is 6.07 Å². The molecule has 1 amide bonds. The van der Waals surface area contributed by atoms with Gasteiger partial charge in [0.15, 0.2) is 5.13 Å². The summed E-state index contributed by atoms with van der Waals surface area (Å²) in [5.74, 6) is 1.21. The maximum atomic E-state index is 12.5. The van der Waals surface area contributed by atoms with Gasteiger partial charge in [-0.2, -0.15) is 0 Å². The van der Waals surface area contributed by atoms with Crippen LogP contribution in [0.5, 0.6) is 5.75 Å². The number of hydrogen-bond acceptors (Lipinski definition) is 6. The van der Waals surface area contributed by atoms with E-state index < -0.39 is 0 Å². The van der Waals surface area contributed by atoms with Crippen LogP contribution < -0.4 is 15.8 Å². The van der Waals surface area contributed by atoms with Crippen LogP contribution in [0.15, 0.2) is 23.6 Å². The zero-order valence-electron chi connectivity index (χ0n) is 14.5. The number of fused-ring (bicyclic) bond motifs is 1. The van der Waals surface area contributed by atoms with Crippen LogP contribution >= 0.6 is 11.3 Å². The van der Waals surface area contributed by atoms with E-state index in [2.05, 4.69) is 16.4 Å². The molecule has 6 nitrogen and oxygen atoms in total. The number of ether oxygens (including phenoxy) is 1. The highest BCUT2D eigenvalue weighted by atomic mass is 32.1. The minimum Gasteiger partial charge on any atom is -0.493 e. The van der Waals surface area contributed by atoms with Gasteiger partial charge in [-0.15, -0.1) is 11.3 Å². The largest absolute Gasteiger partial charge is 0.493 e. The Morgan fingerprint density at radius 2 is 2.31 bits per heavy atom. The first kappa shape index (κ1) is 17.3. The van der Waals surface area contributed by atoms with E-state index in [4.69, 9.17) is 10.5 Å². The maximum Gasteiger partial charge on any atom is 0.220 e. The highest BCUT2D eigenvalue weighted by Gasteiger charge is 2.36. The van der Waals surface area contributed by atoms with Gasteiger partial charge >= 0.3 is 0 Å². The number of aromatic nitrogens is 1. The van der Waals surface area contributed by atoms with E-state index in [1.165, 1.54) is 16.9 Å². The first-order valence-electron chi connectivity index (χ1n) is 9.01. The number of benzene rings is 1. The number of thiazole rings is 1. The van der Waals surface area contributed by atoms with Gasteiger partial charge in [-0.3, -0.25) is 4.79 Å². The van der Waals surface area contributed by atoms with Gasteiger partial charge < -0.3 is 20.9 Å². The topological polar surface area (TPSA) is 97.5 Å². The number of nitrogen functional groups attached to an aromatic ring is 1. The number of aliphatic hydroxyl groups excluding tert-OH is 1. The van der Waals surface area contributed by atoms with Gasteiger partial charge in [0, 0.05) is 18.2 Å². The number of anilines is 1. The predicted octanol–water partition coefficient (Wildman–Crippen LogP) is 2.22. The molecule has 0 saturated heterocycles. The third-order valence-corrected chi connectivity index (χ3v) is 5.91. The molecule has 1 atom stereocenters. The fourth-order valence-electron chi connectivity index (χ4n) is 3.70. The number of carbonyl (C=O) groups excluding carboxylic acids is 1. The summed E-state index contributed by atoms with van der Waals surface area (Å²) < 4.78 is 5.58. The van der Waals surface area contributed by atoms with Crippen molar-refractivity contribution in [1.29, 1.82) is 0 Å². The zero-order valence-corrected chi connectivity index (χ0v) is 15.3. The van der Waals surface area contributed by atoms with Crippen LogP contribution in [0.2, 0.25) is 0 Å². The van der Waals surface area contributed by atoms with Gasteiger partial charge in [-0.25, -0.2) is 4.98 Å². The lowest BCUT2D eigenvalue weighted by atomic mass is 9.74. The third kappa shape index (κ3) is 3.68. The van der Waals surface area contributed by atoms with E-state index >= 15 is 0 Å². The minimum atomic E-state index is -0.254. The van der Waals surface area contributed by atoms with Crippen molar-refractivity contribution in [2.75, 3.05) is 12.3 Å². The standard InChI is InChI=1S/C19H23N3O3S/c20-19-21-14(10-26-19)2-4-17(24)22-18(13-8-15(23)9-13)12-1-3-16-11(7-12)5-6-25-16/h1,3,7,10,13,15,18,23H,2,4-6,8-9H2,(H2,20,21)(H,22,24). The van der Waals surface area contributed by atoms with Crippen molar-refractivity contribution in [2.24, 2.45) is 5.92 Å². The molecule has 26 heavy (non-hydrogen) atoms. The Bertz CT molecular complexity index is 801. The van der Waals surface area contributed by atoms with Crippen molar-refractivity contribution >= 4 is 22.4 Å². The fraction of sp³-hybridized carbons (Fsp3) is 0.474. The van der Waals surface area contributed by atoms with Gasteiger partial charge in [0.25, 0.3) is 0 Å². The lowest BCUT2D eigenvalue weighted by Gasteiger charge is -2.38. The van der Waals surface area contributed by atoms with E-state index in [9.17, 15) is 9.90 Å². The fourth-order valence-corrected chi connectivity index (χ4v) is 4.30. The molecule has 1 aliphatic heterocycles. The molecule has 1 aromatic heterocycles. The molecule has 1 aliphatic carbocycles. The Morgan fingerprint density at radius 3 is 3.04 bits per heavy atom. The van der Waals surface area contributed by atoms with Gasteiger partial charge in [0.1, 0.15) is 5.75 Å². The molecule has 4 N–H and O–H groups in total. The number of hydrogen-bond donors (Lipinski definition) is 3. The summed E-state index contributed by atoms with van der Waals surface area (Å²) in [5.41, 5.74) is 8.78. The Hall–Kier alpha value is -2.12. The SMILES string of the molecule is Nc1nc(CCC(=O)NC(c2ccc3c(c2)CCO3)C2CC(O)C2)cs1. The Morgan fingerprint density at radius 1 is 1.46 bits per heavy atom. The van der Waals surface area contributed by atoms with Crippen LogP contribution in [-0.4, -0.2) is 28.7 Å². The van der Waals surface area contributed by atoms with Gasteiger partial charge in [-0.05, 0) is 48.4 Å². The summed E-state index contributed by atoms with van der Waals surface area (Å²) in [6.07, 6.45) is 3.06. The predicted molar refractivity (Wildman–Crippen MR) is 100 cm³/mol. The quantitative estimate of drug-likeness (QED) is 0.721. The molecule has 1 fully saturated rings. The van der Waals surface area contributed by atoms with Crippen molar-refractivity contribution < 1.29 is 14.6 Å². The van der Waals surface area contributed by atoms with Crippen LogP contribution in [0.1, 0.15) is 42.1 Å². The molecule has 0 spiro atoms. The maximum absolute atomic E-state index is 12.5. The first-order chi connectivity index (χ1) is 12.6. The second-order valence-electron chi connectivity index (χ2n) is 7.07. The van der Waals surface area contributed by atoms with Crippen LogP contribution in [0.25, 0.3) is 0 Å². The van der Waals surface area contributed by atoms with E-state index in [0.717, 1.165) is 36.3 Å². The van der Waals surface area contributed by atoms with E-state index in [-0.39, 0.29) is 24.0 Å². The number of nitrogens with zero attached hydrogens (tertiary/aromatic N) is 1. The van der Waals surface area contributed by atoms with Crippen molar-refractivity contribution in [3.05, 3.63) is 40.4 Å². The molecule has 1 unspecified atom stereocenters. The third-order valence-electron chi connectivity index (χ3n) is 5.19. The monoisotopic (exact) mass is 373 g/mol. The van der Waals surface area contributed by atoms with Gasteiger partial charge in [0.05, 0.1) is 24.4 Å². The summed E-state index contributed by atoms with van der Waals surface area (Å²) in [4.78, 5) is 16.7. The van der Waals surface area contributed by atoms with E-state index in [1.54, 1.807) is 0 Å². The molecule has 138 valence electrons. The number of carbonyl (C=O) groups is 1. The van der Waals surface area contributed by atoms with Crippen LogP contribution in [0.3, 0.4) is 0 Å². The molecular formula is C19H23N3O3S. The molecule has 7 heteroatoms. The lowest BCUT2D eigenvalue weighted by Crippen LogP contribution is -2.41. The zero-order chi connectivity index (χ0) is 18.1. The van der Waals surface area contributed by atoms with Crippen molar-refractivity contribution in [2.45, 2.75) is 44.2 Å². The van der Waals surface area contributed by atoms with Crippen LogP contribution in [-0.2, 0) is 17.6 Å². The number of rotatable bonds is 6. The summed E-state index contributed by atoms with van der Waals surface area (Å²) in [6, 6.07) is 6.08. The Labute approximate surface area is 156 Å². The average molecular weight is 373 g/mol. The Kier molecular flexibility index (Phi) is 4.82. The first-order valence-corrected chi connectivity index (χ1v) is 9.89. The van der Waals surface area contributed by atoms with Crippen molar-refractivity contribution in [1.82, 2.24) is 10.3 Å². The molecule has 2 aromatic rings. The van der Waals surface area contributed by atoms with Crippen molar-refractivity contribution in [3.8, 4) is 5.75 Å². The minimum absolute atomic E-state index is 0.000269. The molecule has 1 aromatic carbocycles. The Balaban J connectivity index is 1.44. The molecular weight excluding hydrogens is 350 g/mol. The van der Waals surface area contributed by atoms with E-state index in [1.807, 2.05) is 17.5 Å². The second kappa shape index (κ2) is 7.25. The number of aryl methyl sites for hydroxylation is 1. The summed E-state index contributed by atoms with van der Waals surface area (Å²) in [6.45, 7) is 0.717. The van der Waals surface area contributed by atoms with Crippen molar-refractivity contribution in [3.63, 3.8) is 0 Å². The van der Waals surface area contributed by atoms with E-state index in [0.29, 0.717) is 24.6 Å². The molecule has 0 radical (unpaired) electrons. The smallest absolute Gasteiger partial charge is 0.220 e. The number of nitrogens with one attached hydrogen (secondary N) is 1. The number of aliphatic hydroxyl groups is 1. The lowest BCUT2D eigenvalue weighted by molar-refractivity contribution is -0.123. The number of amides is 1. The van der Waals surface area contributed by atoms with Gasteiger partial charge in [0.2, 0.25) is 5.91 Å². The number of nitrogens with two attached hydrogens (primary N) is 1. The normalized spacial score (nSPS) is 22.2. The molecule has 2 aliphatic rings. The molecule has 2 heterocycles. The highest BCUT2D eigenvalue weighted by molar-refractivity contribution is 7.13. The summed E-state index contributed by atoms with van der Waals surface area (Å²) in [7, 11) is 0. The molecule has 0 bridgehead atoms. The van der Waals surface area contributed by atoms with Crippen LogP contribution in [0.4, 0.5) is 5.13 Å². The highest BCUT2D eigenvalue weighted by Crippen LogP contribution is 2.39. The summed E-state index contributed by atoms with van der Waals surface area (Å²) in [5, 5.41) is 15.3. The van der Waals surface area contributed by atoms with Crippen LogP contribution in [0, 0.1) is 5.92 Å². The second-order valence-corrected chi connectivity index (χ2v) is 7.96. The molecule has 4 rings (SSSR count). The molecule has 1 saturated carbocycles.